The van der Waals surface area contributed by atoms with Crippen LogP contribution in [-0.2, 0) is 27.3 Å². The van der Waals surface area contributed by atoms with E-state index in [4.69, 9.17) is 0 Å². The fourth-order valence-electron chi connectivity index (χ4n) is 13.8. The third-order valence-corrected chi connectivity index (χ3v) is 15.3. The Bertz CT molecular complexity index is 2790. The molecule has 2 saturated heterocycles. The average Bonchev–Trinajstić information content (AvgIpc) is 3.61. The van der Waals surface area contributed by atoms with Crippen molar-refractivity contribution in [3.05, 3.63) is 323 Å². The molecule has 0 radical (unpaired) electrons. The summed E-state index contributed by atoms with van der Waals surface area (Å²) in [6, 6.07) is 104. The standard InChI is InChI=1S/C62H51N/c1-63-58(49-31-13-3-14-32-49)47-57(48-29-11-2-12-30-48)62(63,56-45-27-10-28-46-56)61(54-41-23-8-24-42-54,55-43-25-9-26-44-55)60(52-37-19-6-20-38-52,53-39-21-7-22-40-53)59(58,50-33-15-4-16-34-50)51-35-17-5-18-36-51/h2-46,57H,47H2,1H3/t57?,58-,62-/m0/s1. The quantitative estimate of drug-likeness (QED) is 0.140. The third kappa shape index (κ3) is 4.97. The maximum absolute atomic E-state index is 2.92. The lowest BCUT2D eigenvalue weighted by Gasteiger charge is -2.77. The van der Waals surface area contributed by atoms with Crippen molar-refractivity contribution in [3.8, 4) is 0 Å². The van der Waals surface area contributed by atoms with Crippen LogP contribution in [0.25, 0.3) is 0 Å². The van der Waals surface area contributed by atoms with Crippen LogP contribution in [0.2, 0.25) is 0 Å². The molecule has 63 heavy (non-hydrogen) atoms. The predicted octanol–water partition coefficient (Wildman–Crippen LogP) is 13.9. The second-order valence-corrected chi connectivity index (χ2v) is 17.5. The molecule has 3 atom stereocenters. The van der Waals surface area contributed by atoms with Crippen molar-refractivity contribution in [2.75, 3.05) is 7.05 Å². The molecule has 0 aromatic heterocycles. The molecule has 2 bridgehead atoms. The summed E-state index contributed by atoms with van der Waals surface area (Å²) in [6.07, 6.45) is 0.818. The minimum atomic E-state index is -0.907. The summed E-state index contributed by atoms with van der Waals surface area (Å²) in [5.74, 6) is -0.0344. The van der Waals surface area contributed by atoms with E-state index in [1.165, 1.54) is 50.1 Å². The van der Waals surface area contributed by atoms with Crippen LogP contribution in [0.15, 0.2) is 273 Å². The van der Waals surface area contributed by atoms with Gasteiger partial charge in [-0.05, 0) is 63.5 Å². The lowest BCUT2D eigenvalue weighted by Crippen LogP contribution is -2.83. The summed E-state index contributed by atoms with van der Waals surface area (Å²) in [5.41, 5.74) is 7.40. The topological polar surface area (TPSA) is 3.24 Å². The highest BCUT2D eigenvalue weighted by molar-refractivity contribution is 5.74. The Kier molecular flexibility index (Phi) is 9.48. The van der Waals surface area contributed by atoms with E-state index in [-0.39, 0.29) is 5.92 Å². The molecule has 0 spiro atoms. The van der Waals surface area contributed by atoms with Crippen LogP contribution in [0.3, 0.4) is 0 Å². The summed E-state index contributed by atoms with van der Waals surface area (Å²) in [5, 5.41) is 0. The number of benzene rings is 9. The van der Waals surface area contributed by atoms with E-state index in [2.05, 4.69) is 285 Å². The van der Waals surface area contributed by atoms with E-state index in [9.17, 15) is 0 Å². The SMILES string of the molecule is CN1[C@]2(c3ccccc3)CC(c3ccccc3)[C@@]1(c1ccccc1)C(c1ccccc1)(c1ccccc1)C(c1ccccc1)(c1ccccc1)C2(c1ccccc1)c1ccccc1. The molecule has 304 valence electrons. The zero-order valence-corrected chi connectivity index (χ0v) is 35.7. The minimum absolute atomic E-state index is 0.0344. The molecular formula is C62H51N. The smallest absolute Gasteiger partial charge is 0.0686 e. The van der Waals surface area contributed by atoms with Crippen LogP contribution < -0.4 is 0 Å². The fraction of sp³-hybridized carbons (Fsp3) is 0.129. The number of nitrogens with zero attached hydrogens (tertiary/aromatic N) is 1. The Morgan fingerprint density at radius 2 is 0.540 bits per heavy atom. The fourth-order valence-corrected chi connectivity index (χ4v) is 13.8. The molecule has 1 nitrogen and oxygen atoms in total. The minimum Gasteiger partial charge on any atom is -0.284 e. The molecular weight excluding hydrogens is 759 g/mol. The first-order valence-electron chi connectivity index (χ1n) is 22.4. The molecule has 0 N–H and O–H groups in total. The lowest BCUT2D eigenvalue weighted by molar-refractivity contribution is -0.131. The van der Waals surface area contributed by atoms with Crippen molar-refractivity contribution < 1.29 is 0 Å². The van der Waals surface area contributed by atoms with Gasteiger partial charge in [0.1, 0.15) is 0 Å². The first-order chi connectivity index (χ1) is 31.2. The summed E-state index contributed by atoms with van der Waals surface area (Å²) >= 11 is 0. The van der Waals surface area contributed by atoms with Crippen molar-refractivity contribution in [2.45, 2.75) is 39.7 Å². The highest BCUT2D eigenvalue weighted by Crippen LogP contribution is 2.85. The molecule has 0 saturated carbocycles. The maximum atomic E-state index is 2.92. The van der Waals surface area contributed by atoms with Crippen molar-refractivity contribution in [1.82, 2.24) is 4.90 Å². The van der Waals surface area contributed by atoms with Gasteiger partial charge in [-0.25, -0.2) is 0 Å². The van der Waals surface area contributed by atoms with Gasteiger partial charge >= 0.3 is 0 Å². The van der Waals surface area contributed by atoms with Crippen LogP contribution in [0.4, 0.5) is 0 Å². The highest BCUT2D eigenvalue weighted by Gasteiger charge is 2.88. The summed E-state index contributed by atoms with van der Waals surface area (Å²) in [4.78, 5) is 2.92. The second-order valence-electron chi connectivity index (χ2n) is 17.5. The zero-order chi connectivity index (χ0) is 42.4. The van der Waals surface area contributed by atoms with Crippen LogP contribution in [0, 0.1) is 0 Å². The Morgan fingerprint density at radius 3 is 0.873 bits per heavy atom. The molecule has 9 aromatic carbocycles. The molecule has 0 aliphatic carbocycles. The largest absolute Gasteiger partial charge is 0.284 e. The summed E-state index contributed by atoms with van der Waals surface area (Å²) in [7, 11) is 2.49. The van der Waals surface area contributed by atoms with Gasteiger partial charge < -0.3 is 0 Å². The Labute approximate surface area is 373 Å². The Balaban J connectivity index is 1.58. The van der Waals surface area contributed by atoms with Gasteiger partial charge in [0.05, 0.1) is 27.3 Å². The molecule has 2 aliphatic heterocycles. The van der Waals surface area contributed by atoms with E-state index in [0.717, 1.165) is 6.42 Å². The number of hydrogen-bond donors (Lipinski definition) is 0. The lowest BCUT2D eigenvalue weighted by atomic mass is 9.30. The third-order valence-electron chi connectivity index (χ3n) is 15.3. The maximum Gasteiger partial charge on any atom is 0.0686 e. The van der Waals surface area contributed by atoms with E-state index in [1.807, 2.05) is 0 Å². The van der Waals surface area contributed by atoms with Gasteiger partial charge in [0.25, 0.3) is 0 Å². The van der Waals surface area contributed by atoms with Crippen molar-refractivity contribution in [2.24, 2.45) is 0 Å². The van der Waals surface area contributed by atoms with E-state index >= 15 is 0 Å². The summed E-state index contributed by atoms with van der Waals surface area (Å²) < 4.78 is 0. The van der Waals surface area contributed by atoms with Crippen LogP contribution in [0.1, 0.15) is 62.4 Å². The van der Waals surface area contributed by atoms with E-state index < -0.39 is 27.3 Å². The first kappa shape index (κ1) is 38.8. The predicted molar refractivity (Wildman–Crippen MR) is 259 cm³/mol. The number of likely N-dealkylation sites (N-methyl/N-ethyl adjacent to an activating group) is 1. The number of fused-ring (bicyclic) bond motifs is 2. The molecule has 2 aliphatic rings. The molecule has 2 fully saturated rings. The van der Waals surface area contributed by atoms with Crippen LogP contribution in [-0.4, -0.2) is 11.9 Å². The molecule has 2 heterocycles. The summed E-state index contributed by atoms with van der Waals surface area (Å²) in [6.45, 7) is 0. The molecule has 1 heteroatoms. The second kappa shape index (κ2) is 15.4. The van der Waals surface area contributed by atoms with Gasteiger partial charge in [-0.15, -0.1) is 0 Å². The monoisotopic (exact) mass is 809 g/mol. The molecule has 11 rings (SSSR count). The Morgan fingerprint density at radius 1 is 0.286 bits per heavy atom. The highest BCUT2D eigenvalue weighted by atomic mass is 15.3. The van der Waals surface area contributed by atoms with E-state index in [0.29, 0.717) is 0 Å². The van der Waals surface area contributed by atoms with Crippen molar-refractivity contribution in [1.29, 1.82) is 0 Å². The van der Waals surface area contributed by atoms with Crippen molar-refractivity contribution in [3.63, 3.8) is 0 Å². The van der Waals surface area contributed by atoms with Gasteiger partial charge in [-0.2, -0.15) is 0 Å². The van der Waals surface area contributed by atoms with Crippen LogP contribution in [0.5, 0.6) is 0 Å². The Hall–Kier alpha value is -7.06. The molecule has 9 aromatic rings. The van der Waals surface area contributed by atoms with Gasteiger partial charge in [-0.3, -0.25) is 4.90 Å². The van der Waals surface area contributed by atoms with Crippen LogP contribution >= 0.6 is 0 Å². The average molecular weight is 810 g/mol. The zero-order valence-electron chi connectivity index (χ0n) is 35.7. The van der Waals surface area contributed by atoms with Gasteiger partial charge in [0.2, 0.25) is 0 Å². The number of rotatable bonds is 9. The molecule has 1 unspecified atom stereocenters. The van der Waals surface area contributed by atoms with Gasteiger partial charge in [0.15, 0.2) is 0 Å². The normalized spacial score (nSPS) is 22.0. The van der Waals surface area contributed by atoms with E-state index in [1.54, 1.807) is 0 Å². The molecule has 0 amide bonds. The number of hydrogen-bond acceptors (Lipinski definition) is 1. The number of piperidine rings is 1. The van der Waals surface area contributed by atoms with Crippen molar-refractivity contribution >= 4 is 0 Å². The van der Waals surface area contributed by atoms with Gasteiger partial charge in [0, 0.05) is 5.92 Å². The van der Waals surface area contributed by atoms with Gasteiger partial charge in [-0.1, -0.05) is 273 Å². The first-order valence-corrected chi connectivity index (χ1v) is 22.4.